The maximum absolute atomic E-state index is 13.8. The molecule has 0 fully saturated rings. The van der Waals surface area contributed by atoms with Gasteiger partial charge in [-0.25, -0.2) is 0 Å². The Kier molecular flexibility index (Phi) is 31.0. The second-order valence-electron chi connectivity index (χ2n) is 28.7. The Morgan fingerprint density at radius 1 is 0.294 bits per heavy atom. The molecule has 8 aromatic heterocycles. The van der Waals surface area contributed by atoms with Crippen LogP contribution in [0.2, 0.25) is 0 Å². The molecule has 8 bridgehead atoms. The second-order valence-corrected chi connectivity index (χ2v) is 28.7. The number of carbonyl (C=O) groups excluding carboxylic acids is 11. The van der Waals surface area contributed by atoms with E-state index in [0.29, 0.717) is 0 Å². The minimum absolute atomic E-state index is 0.0198. The molecule has 6 aliphatic heterocycles. The fourth-order valence-corrected chi connectivity index (χ4v) is 13.3. The van der Waals surface area contributed by atoms with Crippen molar-refractivity contribution in [3.05, 3.63) is 279 Å². The summed E-state index contributed by atoms with van der Waals surface area (Å²) in [4.78, 5) is 252. The number of carbonyl (C=O) groups is 11. The summed E-state index contributed by atoms with van der Waals surface area (Å²) in [5.74, 6) is -10.1. The normalized spacial score (nSPS) is 17.7. The molecule has 4 unspecified atom stereocenters. The molecule has 14 rings (SSSR count). The molecule has 47 heteroatoms. The summed E-state index contributed by atoms with van der Waals surface area (Å²) in [5, 5.41) is 104. The van der Waals surface area contributed by atoms with Crippen molar-refractivity contribution in [1.29, 1.82) is 0 Å². The first kappa shape index (κ1) is 93.6. The van der Waals surface area contributed by atoms with Crippen LogP contribution in [0, 0.1) is 0 Å². The van der Waals surface area contributed by atoms with Crippen LogP contribution in [-0.4, -0.2) is 254 Å². The van der Waals surface area contributed by atoms with Crippen LogP contribution in [0.25, 0.3) is 5.70 Å². The van der Waals surface area contributed by atoms with Crippen LogP contribution in [0.3, 0.4) is 0 Å². The van der Waals surface area contributed by atoms with Crippen molar-refractivity contribution in [2.24, 2.45) is 0 Å². The lowest BCUT2D eigenvalue weighted by molar-refractivity contribution is 0.0597. The van der Waals surface area contributed by atoms with E-state index in [4.69, 9.17) is 0 Å². The number of nitrogens with zero attached hydrogens (tertiary/aromatic N) is 12. The maximum Gasteiger partial charge on any atom is 0.296 e. The van der Waals surface area contributed by atoms with Gasteiger partial charge in [-0.2, -0.15) is 0 Å². The highest BCUT2D eigenvalue weighted by molar-refractivity contribution is 6.00. The third kappa shape index (κ3) is 22.1. The van der Waals surface area contributed by atoms with Gasteiger partial charge < -0.3 is 104 Å². The fourth-order valence-electron chi connectivity index (χ4n) is 13.3. The van der Waals surface area contributed by atoms with Crippen LogP contribution in [0.1, 0.15) is 200 Å². The van der Waals surface area contributed by atoms with Crippen molar-refractivity contribution >= 4 is 70.7 Å². The molecule has 126 heavy (non-hydrogen) atoms. The van der Waals surface area contributed by atoms with Gasteiger partial charge >= 0.3 is 0 Å². The Hall–Kier alpha value is -16.3. The van der Waals surface area contributed by atoms with Crippen molar-refractivity contribution in [2.75, 3.05) is 65.4 Å². The summed E-state index contributed by atoms with van der Waals surface area (Å²) in [6.07, 6.45) is -1.15. The van der Waals surface area contributed by atoms with E-state index in [1.807, 2.05) is 0 Å². The molecule has 0 saturated carbocycles. The molecule has 0 aromatic carbocycles. The van der Waals surface area contributed by atoms with E-state index < -0.39 is 173 Å². The summed E-state index contributed by atoms with van der Waals surface area (Å²) in [6, 6.07) is 21.2. The Bertz CT molecular complexity index is 6100. The van der Waals surface area contributed by atoms with Gasteiger partial charge in [-0.3, -0.25) is 91.1 Å². The lowest BCUT2D eigenvalue weighted by Crippen LogP contribution is -2.48. The van der Waals surface area contributed by atoms with Crippen LogP contribution in [0.4, 0.5) is 0 Å². The zero-order valence-electron chi connectivity index (χ0n) is 68.0. The molecule has 6 aliphatic rings. The summed E-state index contributed by atoms with van der Waals surface area (Å²) < 4.78 is 0.744. The number of pyridine rings is 8. The highest BCUT2D eigenvalue weighted by atomic mass is 16.5. The SMILES string of the molecule is C=C1NCCCN(C(=O)c2cccc(=O)n2O)CCCC(C)N(C(=O)c2cccc(=O)n2O)CCCNC(=O)c2ccc(c(=O)n2O)C(=O)NC(C)NC(=O)c2ccc1n(O)c2=O.CC1NC(=O)c2ccc(c(=O)n2O)C(=O)NCCCN(C(=O)c2cccc(=O)n2O)CCCC(C)N(C(=O)c2cccc(=O)n2O)CCCNC(=O)c2ccc(n(O)c2=O)C(=O)N1. The fraction of sp³-hybridized carbons (Fsp3) is 0.329. The molecule has 47 nitrogen and oxygen atoms in total. The van der Waals surface area contributed by atoms with Gasteiger partial charge in [0.1, 0.15) is 67.8 Å². The first-order valence-electron chi connectivity index (χ1n) is 39.0. The number of nitrogens with one attached hydrogen (secondary N) is 8. The predicted molar refractivity (Wildman–Crippen MR) is 436 cm³/mol. The minimum atomic E-state index is -1.29. The second kappa shape index (κ2) is 41.8. The molecule has 16 N–H and O–H groups in total. The first-order chi connectivity index (χ1) is 59.8. The van der Waals surface area contributed by atoms with Crippen LogP contribution in [0.15, 0.2) is 166 Å². The van der Waals surface area contributed by atoms with Gasteiger partial charge in [0.15, 0.2) is 0 Å². The number of fused-ring (bicyclic) bond motifs is 4. The van der Waals surface area contributed by atoms with Crippen molar-refractivity contribution in [3.8, 4) is 0 Å². The van der Waals surface area contributed by atoms with E-state index in [1.54, 1.807) is 13.8 Å². The van der Waals surface area contributed by atoms with Crippen molar-refractivity contribution in [2.45, 2.75) is 103 Å². The van der Waals surface area contributed by atoms with Gasteiger partial charge in [0.25, 0.3) is 109 Å². The lowest BCUT2D eigenvalue weighted by atomic mass is 10.1. The molecular formula is C79H90N20O27. The van der Waals surface area contributed by atoms with Gasteiger partial charge in [-0.05, 0) is 152 Å². The smallest absolute Gasteiger partial charge is 0.296 e. The average molecular weight is 1750 g/mol. The lowest BCUT2D eigenvalue weighted by Gasteiger charge is -2.31. The molecule has 0 aliphatic carbocycles. The van der Waals surface area contributed by atoms with Gasteiger partial charge in [0.05, 0.1) is 18.0 Å². The van der Waals surface area contributed by atoms with Crippen molar-refractivity contribution in [1.82, 2.24) is 100.0 Å². The Labute approximate surface area is 709 Å². The molecule has 0 spiro atoms. The third-order valence-corrected chi connectivity index (χ3v) is 20.0. The van der Waals surface area contributed by atoms with Crippen LogP contribution >= 0.6 is 0 Å². The van der Waals surface area contributed by atoms with Crippen LogP contribution < -0.4 is 87.0 Å². The van der Waals surface area contributed by atoms with Crippen LogP contribution in [-0.2, 0) is 0 Å². The van der Waals surface area contributed by atoms with Crippen molar-refractivity contribution < 1.29 is 94.4 Å². The standard InChI is InChI=1S/C40H46N10O13.C39H44N10O14/c1-23-9-6-20-45(39(58)30-10-4-12-32(51)47(30)60)21-7-18-41-24(2)28-16-14-26(37(56)49(28)62)34(53)43-25(3)44-35(54)27-15-17-29(50(63)38(27)57)36(55)42-19-8-22-46(23)40(59)31-11-5-13-33(52)48(31)61;1-22-8-5-19-44(38(58)28-9-3-11-30(50)46(28)60)20-6-17-40-32(52)24-13-15-26(48(62)36(24)56)34(54)42-23(2)43-35(55)27-16-14-25(37(57)49(27)63)33(53)41-18-7-21-45(22)39(59)29-10-4-12-31(51)47(29)61/h4-5,10-17,23,25,41,60-63H,2,6-9,18-22H2,1,3H3,(H,42,55)(H,43,53)(H,44,54);3-4,9-16,22-23,60-63H,5-8,17-21H2,1-2H3,(H,40,52)(H,41,53)(H,42,54)(H,43,55). The molecule has 11 amide bonds. The first-order valence-corrected chi connectivity index (χ1v) is 39.0. The zero-order chi connectivity index (χ0) is 92.2. The van der Waals surface area contributed by atoms with E-state index in [0.717, 1.165) is 66.7 Å². The summed E-state index contributed by atoms with van der Waals surface area (Å²) >= 11 is 0. The largest absolute Gasteiger partial charge is 0.425 e. The Morgan fingerprint density at radius 3 is 0.897 bits per heavy atom. The number of hydrogen-bond acceptors (Lipinski definition) is 28. The molecule has 8 aromatic rings. The quantitative estimate of drug-likeness (QED) is 0.0833. The Morgan fingerprint density at radius 2 is 0.556 bits per heavy atom. The topological polar surface area (TPSA) is 635 Å². The van der Waals surface area contributed by atoms with E-state index >= 15 is 0 Å². The van der Waals surface area contributed by atoms with Crippen molar-refractivity contribution in [3.63, 3.8) is 0 Å². The van der Waals surface area contributed by atoms with E-state index in [-0.39, 0.29) is 189 Å². The maximum atomic E-state index is 13.8. The molecule has 4 atom stereocenters. The van der Waals surface area contributed by atoms with Gasteiger partial charge in [0, 0.05) is 102 Å². The molecular weight excluding hydrogens is 1660 g/mol. The highest BCUT2D eigenvalue weighted by Gasteiger charge is 2.32. The number of aromatic nitrogens is 8. The third-order valence-electron chi connectivity index (χ3n) is 20.0. The van der Waals surface area contributed by atoms with E-state index in [2.05, 4.69) is 49.1 Å². The highest BCUT2D eigenvalue weighted by Crippen LogP contribution is 2.19. The van der Waals surface area contributed by atoms with E-state index in [9.17, 15) is 133 Å². The number of amides is 11. The van der Waals surface area contributed by atoms with Gasteiger partial charge in [-0.1, -0.05) is 30.8 Å². The summed E-state index contributed by atoms with van der Waals surface area (Å²) in [7, 11) is 0. The predicted octanol–water partition coefficient (Wildman–Crippen LogP) is -2.18. The molecule has 0 saturated heterocycles. The Balaban J connectivity index is 0.000000285. The van der Waals surface area contributed by atoms with Crippen LogP contribution in [0.5, 0.6) is 0 Å². The minimum Gasteiger partial charge on any atom is -0.425 e. The van der Waals surface area contributed by atoms with E-state index in [1.165, 1.54) is 88.0 Å². The number of hydrogen-bond donors (Lipinski definition) is 16. The summed E-state index contributed by atoms with van der Waals surface area (Å²) in [6.45, 7) is 9.39. The summed E-state index contributed by atoms with van der Waals surface area (Å²) in [5.41, 5.74) is -14.0. The molecule has 14 heterocycles. The number of rotatable bonds is 4. The van der Waals surface area contributed by atoms with Gasteiger partial charge in [-0.15, -0.1) is 37.8 Å². The van der Waals surface area contributed by atoms with Gasteiger partial charge in [0.2, 0.25) is 0 Å². The molecule has 0 radical (unpaired) electrons. The monoisotopic (exact) mass is 1750 g/mol. The average Bonchev–Trinajstić information content (AvgIpc) is 0.823. The zero-order valence-corrected chi connectivity index (χ0v) is 68.0. The molecule has 668 valence electrons.